The normalized spacial score (nSPS) is 15.4. The second-order valence-corrected chi connectivity index (χ2v) is 4.53. The Bertz CT molecular complexity index is 722. The number of hydrogen-bond donors (Lipinski definition) is 0. The van der Waals surface area contributed by atoms with Gasteiger partial charge in [-0.25, -0.2) is 4.79 Å². The number of ether oxygens (including phenoxy) is 1. The van der Waals surface area contributed by atoms with Gasteiger partial charge in [0.25, 0.3) is 0 Å². The number of furan rings is 1. The maximum absolute atomic E-state index is 12.3. The summed E-state index contributed by atoms with van der Waals surface area (Å²) in [6.07, 6.45) is 3.67. The van der Waals surface area contributed by atoms with Crippen LogP contribution in [0.5, 0.6) is 0 Å². The van der Waals surface area contributed by atoms with Crippen molar-refractivity contribution in [3.63, 3.8) is 0 Å². The minimum atomic E-state index is -0.551. The van der Waals surface area contributed by atoms with Gasteiger partial charge in [0.15, 0.2) is 5.78 Å². The standard InChI is InChI=1S/C16H12O4/c1-19-16(18)15-11(6-7-20-15)9-12-8-10-4-2-3-5-13(10)14(12)17/h2-7,9H,8H2,1H3. The van der Waals surface area contributed by atoms with Gasteiger partial charge in [0.1, 0.15) is 0 Å². The van der Waals surface area contributed by atoms with Crippen LogP contribution in [0.3, 0.4) is 0 Å². The molecule has 0 amide bonds. The third-order valence-corrected chi connectivity index (χ3v) is 3.33. The van der Waals surface area contributed by atoms with E-state index in [2.05, 4.69) is 4.74 Å². The summed E-state index contributed by atoms with van der Waals surface area (Å²) in [5.41, 5.74) is 2.94. The van der Waals surface area contributed by atoms with Gasteiger partial charge >= 0.3 is 5.97 Å². The van der Waals surface area contributed by atoms with E-state index in [0.717, 1.165) is 11.1 Å². The molecule has 1 aliphatic carbocycles. The number of rotatable bonds is 2. The summed E-state index contributed by atoms with van der Waals surface area (Å²) >= 11 is 0. The summed E-state index contributed by atoms with van der Waals surface area (Å²) in [5, 5.41) is 0. The molecule has 0 unspecified atom stereocenters. The molecule has 0 bridgehead atoms. The fourth-order valence-electron chi connectivity index (χ4n) is 2.35. The monoisotopic (exact) mass is 268 g/mol. The molecule has 0 spiro atoms. The van der Waals surface area contributed by atoms with Gasteiger partial charge in [0, 0.05) is 23.1 Å². The highest BCUT2D eigenvalue weighted by atomic mass is 16.5. The fraction of sp³-hybridized carbons (Fsp3) is 0.125. The highest BCUT2D eigenvalue weighted by molar-refractivity contribution is 6.15. The van der Waals surface area contributed by atoms with Crippen LogP contribution in [0, 0.1) is 0 Å². The summed E-state index contributed by atoms with van der Waals surface area (Å²) < 4.78 is 9.75. The number of Topliss-reactive ketones (excluding diaryl/α,β-unsaturated/α-hetero) is 1. The van der Waals surface area contributed by atoms with E-state index in [1.165, 1.54) is 13.4 Å². The predicted molar refractivity (Wildman–Crippen MR) is 72.5 cm³/mol. The zero-order valence-corrected chi connectivity index (χ0v) is 10.9. The van der Waals surface area contributed by atoms with Crippen molar-refractivity contribution in [1.82, 2.24) is 0 Å². The van der Waals surface area contributed by atoms with Gasteiger partial charge in [0.2, 0.25) is 5.76 Å². The van der Waals surface area contributed by atoms with Crippen LogP contribution < -0.4 is 0 Å². The van der Waals surface area contributed by atoms with Gasteiger partial charge in [-0.05, 0) is 17.7 Å². The number of methoxy groups -OCH3 is 1. The van der Waals surface area contributed by atoms with Crippen molar-refractivity contribution < 1.29 is 18.7 Å². The molecular formula is C16H12O4. The molecule has 0 N–H and O–H groups in total. The summed E-state index contributed by atoms with van der Waals surface area (Å²) in [6.45, 7) is 0. The molecule has 100 valence electrons. The Morgan fingerprint density at radius 1 is 1.30 bits per heavy atom. The molecule has 2 aromatic rings. The van der Waals surface area contributed by atoms with Gasteiger partial charge in [-0.2, -0.15) is 0 Å². The topological polar surface area (TPSA) is 56.5 Å². The third kappa shape index (κ3) is 1.95. The highest BCUT2D eigenvalue weighted by Gasteiger charge is 2.25. The number of allylic oxidation sites excluding steroid dienone is 1. The van der Waals surface area contributed by atoms with E-state index in [1.54, 1.807) is 12.1 Å². The van der Waals surface area contributed by atoms with Crippen molar-refractivity contribution in [3.05, 3.63) is 64.6 Å². The molecule has 1 aliphatic rings. The van der Waals surface area contributed by atoms with Crippen LogP contribution in [0.2, 0.25) is 0 Å². The van der Waals surface area contributed by atoms with Gasteiger partial charge < -0.3 is 9.15 Å². The second-order valence-electron chi connectivity index (χ2n) is 4.53. The minimum Gasteiger partial charge on any atom is -0.463 e. The zero-order valence-electron chi connectivity index (χ0n) is 10.9. The van der Waals surface area contributed by atoms with Gasteiger partial charge in [-0.1, -0.05) is 24.3 Å². The van der Waals surface area contributed by atoms with E-state index < -0.39 is 5.97 Å². The molecule has 1 heterocycles. The SMILES string of the molecule is COC(=O)c1occc1C=C1Cc2ccccc2C1=O. The number of hydrogen-bond acceptors (Lipinski definition) is 4. The molecule has 4 heteroatoms. The smallest absolute Gasteiger partial charge is 0.374 e. The van der Waals surface area contributed by atoms with Crippen molar-refractivity contribution in [2.75, 3.05) is 7.11 Å². The number of fused-ring (bicyclic) bond motifs is 1. The van der Waals surface area contributed by atoms with Crippen LogP contribution in [-0.2, 0) is 11.2 Å². The maximum Gasteiger partial charge on any atom is 0.374 e. The van der Waals surface area contributed by atoms with Crippen LogP contribution in [-0.4, -0.2) is 18.9 Å². The van der Waals surface area contributed by atoms with Crippen LogP contribution in [0.1, 0.15) is 32.0 Å². The van der Waals surface area contributed by atoms with Gasteiger partial charge in [-0.3, -0.25) is 4.79 Å². The molecule has 0 saturated heterocycles. The number of carbonyl (C=O) groups is 2. The largest absolute Gasteiger partial charge is 0.463 e. The molecule has 0 radical (unpaired) electrons. The molecule has 0 atom stereocenters. The number of ketones is 1. The number of esters is 1. The average molecular weight is 268 g/mol. The minimum absolute atomic E-state index is 0.00221. The lowest BCUT2D eigenvalue weighted by Crippen LogP contribution is -2.02. The Morgan fingerprint density at radius 2 is 2.10 bits per heavy atom. The van der Waals surface area contributed by atoms with Gasteiger partial charge in [0.05, 0.1) is 13.4 Å². The summed E-state index contributed by atoms with van der Waals surface area (Å²) in [5.74, 6) is -0.439. The van der Waals surface area contributed by atoms with Crippen LogP contribution in [0.25, 0.3) is 6.08 Å². The lowest BCUT2D eigenvalue weighted by Gasteiger charge is -1.97. The molecule has 4 nitrogen and oxygen atoms in total. The molecule has 20 heavy (non-hydrogen) atoms. The first kappa shape index (κ1) is 12.4. The fourth-order valence-corrected chi connectivity index (χ4v) is 2.35. The van der Waals surface area contributed by atoms with E-state index in [-0.39, 0.29) is 11.5 Å². The van der Waals surface area contributed by atoms with E-state index >= 15 is 0 Å². The molecular weight excluding hydrogens is 256 g/mol. The van der Waals surface area contributed by atoms with Crippen LogP contribution in [0.15, 0.2) is 46.6 Å². The number of benzene rings is 1. The van der Waals surface area contributed by atoms with Crippen LogP contribution in [0.4, 0.5) is 0 Å². The zero-order chi connectivity index (χ0) is 14.1. The van der Waals surface area contributed by atoms with Crippen molar-refractivity contribution in [3.8, 4) is 0 Å². The van der Waals surface area contributed by atoms with E-state index in [0.29, 0.717) is 17.6 Å². The second kappa shape index (κ2) is 4.81. The Balaban J connectivity index is 1.98. The van der Waals surface area contributed by atoms with E-state index in [1.807, 2.05) is 24.3 Å². The van der Waals surface area contributed by atoms with E-state index in [4.69, 9.17) is 4.42 Å². The maximum atomic E-state index is 12.3. The first-order valence-corrected chi connectivity index (χ1v) is 6.19. The summed E-state index contributed by atoms with van der Waals surface area (Å²) in [4.78, 5) is 23.8. The van der Waals surface area contributed by atoms with Crippen LogP contribution >= 0.6 is 0 Å². The Hall–Kier alpha value is -2.62. The molecule has 1 aromatic carbocycles. The molecule has 0 saturated carbocycles. The Labute approximate surface area is 115 Å². The first-order valence-electron chi connectivity index (χ1n) is 6.19. The number of carbonyl (C=O) groups excluding carboxylic acids is 2. The highest BCUT2D eigenvalue weighted by Crippen LogP contribution is 2.28. The molecule has 0 aliphatic heterocycles. The van der Waals surface area contributed by atoms with Crippen molar-refractivity contribution in [1.29, 1.82) is 0 Å². The van der Waals surface area contributed by atoms with Crippen molar-refractivity contribution in [2.24, 2.45) is 0 Å². The molecule has 0 fully saturated rings. The average Bonchev–Trinajstić information content (AvgIpc) is 3.05. The first-order chi connectivity index (χ1) is 9.70. The predicted octanol–water partition coefficient (Wildman–Crippen LogP) is 2.89. The molecule has 3 rings (SSSR count). The lowest BCUT2D eigenvalue weighted by molar-refractivity contribution is 0.0564. The van der Waals surface area contributed by atoms with Crippen molar-refractivity contribution >= 4 is 17.8 Å². The van der Waals surface area contributed by atoms with E-state index in [9.17, 15) is 9.59 Å². The Kier molecular flexibility index (Phi) is 2.99. The summed E-state index contributed by atoms with van der Waals surface area (Å²) in [6, 6.07) is 9.15. The third-order valence-electron chi connectivity index (χ3n) is 3.33. The van der Waals surface area contributed by atoms with Gasteiger partial charge in [-0.15, -0.1) is 0 Å². The lowest BCUT2D eigenvalue weighted by atomic mass is 10.1. The quantitative estimate of drug-likeness (QED) is 0.620. The summed E-state index contributed by atoms with van der Waals surface area (Å²) in [7, 11) is 1.29. The van der Waals surface area contributed by atoms with Crippen molar-refractivity contribution in [2.45, 2.75) is 6.42 Å². The Morgan fingerprint density at radius 3 is 2.85 bits per heavy atom. The molecule has 1 aromatic heterocycles.